The van der Waals surface area contributed by atoms with Crippen LogP contribution in [0.2, 0.25) is 0 Å². The largest absolute Gasteiger partial charge is 0.550 e. The van der Waals surface area contributed by atoms with E-state index in [9.17, 15) is 14.7 Å². The Hall–Kier alpha value is -1.06. The molecule has 0 saturated carbocycles. The van der Waals surface area contributed by atoms with Gasteiger partial charge in [-0.25, -0.2) is 0 Å². The van der Waals surface area contributed by atoms with Gasteiger partial charge in [0, 0.05) is 31.9 Å². The lowest BCUT2D eigenvalue weighted by molar-refractivity contribution is -0.311. The molecule has 0 N–H and O–H groups in total. The SMILES string of the molecule is CCCCN(CC(CC)C(=O)[O-])C(C)=O. The van der Waals surface area contributed by atoms with Crippen molar-refractivity contribution in [1.29, 1.82) is 0 Å². The molecule has 4 nitrogen and oxygen atoms in total. The van der Waals surface area contributed by atoms with Crippen LogP contribution in [-0.2, 0) is 9.59 Å². The zero-order valence-corrected chi connectivity index (χ0v) is 9.78. The van der Waals surface area contributed by atoms with Crippen LogP contribution >= 0.6 is 0 Å². The first-order valence-corrected chi connectivity index (χ1v) is 5.49. The van der Waals surface area contributed by atoms with Crippen LogP contribution in [0.3, 0.4) is 0 Å². The van der Waals surface area contributed by atoms with Gasteiger partial charge in [-0.3, -0.25) is 4.79 Å². The van der Waals surface area contributed by atoms with Crippen LogP contribution in [0, 0.1) is 5.92 Å². The van der Waals surface area contributed by atoms with E-state index >= 15 is 0 Å². The fourth-order valence-electron chi connectivity index (χ4n) is 1.36. The van der Waals surface area contributed by atoms with Crippen LogP contribution in [0.4, 0.5) is 0 Å². The van der Waals surface area contributed by atoms with Crippen molar-refractivity contribution in [3.8, 4) is 0 Å². The topological polar surface area (TPSA) is 60.4 Å². The van der Waals surface area contributed by atoms with Crippen molar-refractivity contribution in [2.45, 2.75) is 40.0 Å². The molecule has 0 saturated heterocycles. The van der Waals surface area contributed by atoms with Crippen molar-refractivity contribution in [3.05, 3.63) is 0 Å². The number of amides is 1. The molecule has 0 heterocycles. The lowest BCUT2D eigenvalue weighted by Gasteiger charge is -2.26. The quantitative estimate of drug-likeness (QED) is 0.616. The minimum Gasteiger partial charge on any atom is -0.550 e. The van der Waals surface area contributed by atoms with Crippen LogP contribution in [-0.4, -0.2) is 29.9 Å². The molecule has 15 heavy (non-hydrogen) atoms. The van der Waals surface area contributed by atoms with Crippen LogP contribution < -0.4 is 5.11 Å². The Morgan fingerprint density at radius 1 is 1.33 bits per heavy atom. The maximum absolute atomic E-state index is 11.2. The number of hydrogen-bond acceptors (Lipinski definition) is 3. The van der Waals surface area contributed by atoms with Gasteiger partial charge >= 0.3 is 0 Å². The van der Waals surface area contributed by atoms with Gasteiger partial charge in [-0.05, 0) is 12.8 Å². The third kappa shape index (κ3) is 5.40. The van der Waals surface area contributed by atoms with Crippen molar-refractivity contribution in [2.75, 3.05) is 13.1 Å². The molecule has 88 valence electrons. The molecule has 0 aliphatic rings. The first kappa shape index (κ1) is 13.9. The van der Waals surface area contributed by atoms with Gasteiger partial charge in [-0.15, -0.1) is 0 Å². The summed E-state index contributed by atoms with van der Waals surface area (Å²) in [5.41, 5.74) is 0. The second-order valence-electron chi connectivity index (χ2n) is 3.74. The number of unbranched alkanes of at least 4 members (excludes halogenated alkanes) is 1. The summed E-state index contributed by atoms with van der Waals surface area (Å²) in [6, 6.07) is 0. The van der Waals surface area contributed by atoms with E-state index in [1.54, 1.807) is 11.8 Å². The molecule has 1 atom stereocenters. The molecule has 0 bridgehead atoms. The highest BCUT2D eigenvalue weighted by Crippen LogP contribution is 2.06. The Kier molecular flexibility index (Phi) is 6.75. The number of carboxylic acid groups (broad SMARTS) is 1. The minimum absolute atomic E-state index is 0.0665. The molecule has 0 aromatic heterocycles. The molecule has 1 unspecified atom stereocenters. The van der Waals surface area contributed by atoms with Crippen molar-refractivity contribution in [2.24, 2.45) is 5.92 Å². The van der Waals surface area contributed by atoms with E-state index in [0.717, 1.165) is 12.8 Å². The molecule has 0 spiro atoms. The molecule has 0 radical (unpaired) electrons. The van der Waals surface area contributed by atoms with E-state index in [1.165, 1.54) is 6.92 Å². The lowest BCUT2D eigenvalue weighted by atomic mass is 10.1. The fraction of sp³-hybridized carbons (Fsp3) is 0.818. The summed E-state index contributed by atoms with van der Waals surface area (Å²) in [5.74, 6) is -1.69. The normalized spacial score (nSPS) is 12.2. The van der Waals surface area contributed by atoms with Crippen LogP contribution in [0.5, 0.6) is 0 Å². The van der Waals surface area contributed by atoms with E-state index in [-0.39, 0.29) is 12.5 Å². The summed E-state index contributed by atoms with van der Waals surface area (Å²) in [6.07, 6.45) is 2.40. The van der Waals surface area contributed by atoms with Crippen LogP contribution in [0.15, 0.2) is 0 Å². The zero-order valence-electron chi connectivity index (χ0n) is 9.78. The zero-order chi connectivity index (χ0) is 11.8. The van der Waals surface area contributed by atoms with Gasteiger partial charge in [0.1, 0.15) is 0 Å². The average Bonchev–Trinajstić information content (AvgIpc) is 2.17. The lowest BCUT2D eigenvalue weighted by Crippen LogP contribution is -2.41. The Morgan fingerprint density at radius 3 is 2.27 bits per heavy atom. The van der Waals surface area contributed by atoms with Gasteiger partial charge in [-0.2, -0.15) is 0 Å². The molecular formula is C11H20NO3-. The summed E-state index contributed by atoms with van der Waals surface area (Å²) in [5, 5.41) is 10.7. The predicted octanol–water partition coefficient (Wildman–Crippen LogP) is 0.411. The standard InChI is InChI=1S/C11H21NO3/c1-4-6-7-12(9(3)13)8-10(5-2)11(14)15/h10H,4-8H2,1-3H3,(H,14,15)/p-1. The van der Waals surface area contributed by atoms with E-state index in [1.807, 2.05) is 6.92 Å². The first-order chi connectivity index (χ1) is 7.02. The van der Waals surface area contributed by atoms with Crippen molar-refractivity contribution in [1.82, 2.24) is 4.90 Å². The summed E-state index contributed by atoms with van der Waals surface area (Å²) in [7, 11) is 0. The second kappa shape index (κ2) is 7.26. The number of hydrogen-bond donors (Lipinski definition) is 0. The van der Waals surface area contributed by atoms with Gasteiger partial charge in [0.25, 0.3) is 0 Å². The fourth-order valence-corrected chi connectivity index (χ4v) is 1.36. The summed E-state index contributed by atoms with van der Waals surface area (Å²) in [4.78, 5) is 23.5. The minimum atomic E-state index is -1.07. The van der Waals surface area contributed by atoms with Crippen molar-refractivity contribution in [3.63, 3.8) is 0 Å². The Morgan fingerprint density at radius 2 is 1.93 bits per heavy atom. The number of nitrogens with zero attached hydrogens (tertiary/aromatic N) is 1. The Balaban J connectivity index is 4.25. The molecule has 0 aliphatic heterocycles. The van der Waals surface area contributed by atoms with Crippen molar-refractivity contribution >= 4 is 11.9 Å². The monoisotopic (exact) mass is 214 g/mol. The summed E-state index contributed by atoms with van der Waals surface area (Å²) < 4.78 is 0. The molecule has 0 aromatic carbocycles. The van der Waals surface area contributed by atoms with Gasteiger partial charge in [-0.1, -0.05) is 20.3 Å². The highest BCUT2D eigenvalue weighted by atomic mass is 16.4. The Labute approximate surface area is 91.3 Å². The number of carbonyl (C=O) groups excluding carboxylic acids is 2. The van der Waals surface area contributed by atoms with Gasteiger partial charge in [0.2, 0.25) is 5.91 Å². The molecule has 1 amide bonds. The molecule has 4 heteroatoms. The Bertz CT molecular complexity index is 216. The summed E-state index contributed by atoms with van der Waals surface area (Å²) in [6.45, 7) is 6.20. The van der Waals surface area contributed by atoms with Gasteiger partial charge in [0.15, 0.2) is 0 Å². The second-order valence-corrected chi connectivity index (χ2v) is 3.74. The third-order valence-electron chi connectivity index (χ3n) is 2.49. The third-order valence-corrected chi connectivity index (χ3v) is 2.49. The first-order valence-electron chi connectivity index (χ1n) is 5.49. The maximum atomic E-state index is 11.2. The summed E-state index contributed by atoms with van der Waals surface area (Å²) >= 11 is 0. The number of aliphatic carboxylic acids is 1. The molecule has 0 aliphatic carbocycles. The van der Waals surface area contributed by atoms with E-state index in [4.69, 9.17) is 0 Å². The molecule has 0 aromatic rings. The van der Waals surface area contributed by atoms with Crippen LogP contribution in [0.1, 0.15) is 40.0 Å². The highest BCUT2D eigenvalue weighted by Gasteiger charge is 2.15. The molecule has 0 fully saturated rings. The highest BCUT2D eigenvalue weighted by molar-refractivity contribution is 5.74. The van der Waals surface area contributed by atoms with E-state index in [0.29, 0.717) is 13.0 Å². The predicted molar refractivity (Wildman–Crippen MR) is 56.0 cm³/mol. The molecular weight excluding hydrogens is 194 g/mol. The van der Waals surface area contributed by atoms with Gasteiger partial charge in [0.05, 0.1) is 0 Å². The van der Waals surface area contributed by atoms with E-state index < -0.39 is 11.9 Å². The maximum Gasteiger partial charge on any atom is 0.219 e. The smallest absolute Gasteiger partial charge is 0.219 e. The van der Waals surface area contributed by atoms with Crippen LogP contribution in [0.25, 0.3) is 0 Å². The average molecular weight is 214 g/mol. The number of rotatable bonds is 7. The van der Waals surface area contributed by atoms with Gasteiger partial charge < -0.3 is 14.8 Å². The van der Waals surface area contributed by atoms with Crippen molar-refractivity contribution < 1.29 is 14.7 Å². The number of carbonyl (C=O) groups is 2. The molecule has 0 rings (SSSR count). The van der Waals surface area contributed by atoms with E-state index in [2.05, 4.69) is 0 Å². The number of carboxylic acids is 1.